The van der Waals surface area contributed by atoms with Crippen LogP contribution >= 0.6 is 0 Å². The molecule has 0 amide bonds. The molecule has 134 valence electrons. The van der Waals surface area contributed by atoms with E-state index < -0.39 is 0 Å². The molecular formula is C20H31NO3. The van der Waals surface area contributed by atoms with E-state index in [2.05, 4.69) is 36.1 Å². The number of ether oxygens (including phenoxy) is 2. The van der Waals surface area contributed by atoms with Crippen LogP contribution in [0, 0.1) is 0 Å². The summed E-state index contributed by atoms with van der Waals surface area (Å²) in [6.45, 7) is 4.10. The highest BCUT2D eigenvalue weighted by atomic mass is 16.7. The molecule has 0 radical (unpaired) electrons. The maximum absolute atomic E-state index is 10.1. The van der Waals surface area contributed by atoms with Crippen molar-refractivity contribution in [2.75, 3.05) is 19.8 Å². The van der Waals surface area contributed by atoms with Gasteiger partial charge in [-0.1, -0.05) is 36.8 Å². The summed E-state index contributed by atoms with van der Waals surface area (Å²) in [5.41, 5.74) is 1.21. The molecule has 2 saturated heterocycles. The van der Waals surface area contributed by atoms with E-state index in [1.165, 1.54) is 24.8 Å². The first-order chi connectivity index (χ1) is 11.8. The lowest BCUT2D eigenvalue weighted by atomic mass is 9.89. The van der Waals surface area contributed by atoms with Crippen LogP contribution in [0.15, 0.2) is 30.3 Å². The highest BCUT2D eigenvalue weighted by Gasteiger charge is 2.34. The molecule has 1 aromatic rings. The maximum Gasteiger partial charge on any atom is 0.157 e. The van der Waals surface area contributed by atoms with E-state index in [1.54, 1.807) is 0 Å². The SMILES string of the molecule is C[C@@H]1CCC[C@H](CCC2OCCCO2)N1[C@@H](CO)c1ccccc1. The molecule has 0 spiro atoms. The molecule has 1 aromatic carbocycles. The number of piperidine rings is 1. The minimum absolute atomic E-state index is 0.0397. The predicted octanol–water partition coefficient (Wildman–Crippen LogP) is 3.51. The van der Waals surface area contributed by atoms with Crippen LogP contribution in [0.4, 0.5) is 0 Å². The number of hydrogen-bond acceptors (Lipinski definition) is 4. The first kappa shape index (κ1) is 17.9. The number of benzene rings is 1. The Labute approximate surface area is 145 Å². The largest absolute Gasteiger partial charge is 0.394 e. The van der Waals surface area contributed by atoms with Gasteiger partial charge < -0.3 is 14.6 Å². The summed E-state index contributed by atoms with van der Waals surface area (Å²) in [5, 5.41) is 10.1. The van der Waals surface area contributed by atoms with Gasteiger partial charge in [-0.15, -0.1) is 0 Å². The lowest BCUT2D eigenvalue weighted by Crippen LogP contribution is -2.48. The zero-order valence-corrected chi connectivity index (χ0v) is 14.8. The fraction of sp³-hybridized carbons (Fsp3) is 0.700. The molecule has 24 heavy (non-hydrogen) atoms. The Morgan fingerprint density at radius 1 is 1.08 bits per heavy atom. The molecule has 2 heterocycles. The minimum Gasteiger partial charge on any atom is -0.394 e. The zero-order valence-electron chi connectivity index (χ0n) is 14.8. The fourth-order valence-corrected chi connectivity index (χ4v) is 4.24. The lowest BCUT2D eigenvalue weighted by molar-refractivity contribution is -0.183. The van der Waals surface area contributed by atoms with Crippen molar-refractivity contribution in [1.29, 1.82) is 0 Å². The van der Waals surface area contributed by atoms with Gasteiger partial charge in [0.15, 0.2) is 6.29 Å². The molecule has 3 atom stereocenters. The number of nitrogens with zero attached hydrogens (tertiary/aromatic N) is 1. The molecule has 2 fully saturated rings. The van der Waals surface area contributed by atoms with Crippen molar-refractivity contribution >= 4 is 0 Å². The molecule has 2 aliphatic rings. The van der Waals surface area contributed by atoms with Crippen LogP contribution in [0.2, 0.25) is 0 Å². The summed E-state index contributed by atoms with van der Waals surface area (Å²) in [7, 11) is 0. The first-order valence-corrected chi connectivity index (χ1v) is 9.46. The Morgan fingerprint density at radius 3 is 2.54 bits per heavy atom. The third-order valence-electron chi connectivity index (χ3n) is 5.44. The third-order valence-corrected chi connectivity index (χ3v) is 5.44. The number of likely N-dealkylation sites (tertiary alicyclic amines) is 1. The molecule has 2 aliphatic heterocycles. The van der Waals surface area contributed by atoms with Crippen LogP contribution in [0.5, 0.6) is 0 Å². The van der Waals surface area contributed by atoms with Gasteiger partial charge in [-0.2, -0.15) is 0 Å². The predicted molar refractivity (Wildman–Crippen MR) is 94.8 cm³/mol. The van der Waals surface area contributed by atoms with E-state index in [4.69, 9.17) is 9.47 Å². The van der Waals surface area contributed by atoms with Gasteiger partial charge in [0, 0.05) is 12.1 Å². The Balaban J connectivity index is 1.68. The number of aliphatic hydroxyl groups is 1. The minimum atomic E-state index is -0.0397. The van der Waals surface area contributed by atoms with Crippen molar-refractivity contribution < 1.29 is 14.6 Å². The second-order valence-corrected chi connectivity index (χ2v) is 7.09. The summed E-state index contributed by atoms with van der Waals surface area (Å²) < 4.78 is 11.4. The number of aliphatic hydroxyl groups excluding tert-OH is 1. The molecule has 0 aliphatic carbocycles. The van der Waals surface area contributed by atoms with Crippen LogP contribution in [0.3, 0.4) is 0 Å². The van der Waals surface area contributed by atoms with Crippen molar-refractivity contribution in [1.82, 2.24) is 4.90 Å². The van der Waals surface area contributed by atoms with Crippen LogP contribution < -0.4 is 0 Å². The van der Waals surface area contributed by atoms with Crippen LogP contribution in [0.25, 0.3) is 0 Å². The molecule has 4 heteroatoms. The monoisotopic (exact) mass is 333 g/mol. The van der Waals surface area contributed by atoms with Crippen molar-refractivity contribution in [2.24, 2.45) is 0 Å². The molecule has 1 N–H and O–H groups in total. The summed E-state index contributed by atoms with van der Waals surface area (Å²) >= 11 is 0. The topological polar surface area (TPSA) is 41.9 Å². The highest BCUT2D eigenvalue weighted by molar-refractivity contribution is 5.20. The van der Waals surface area contributed by atoms with Gasteiger partial charge in [-0.05, 0) is 44.6 Å². The molecule has 0 bridgehead atoms. The van der Waals surface area contributed by atoms with Gasteiger partial charge >= 0.3 is 0 Å². The van der Waals surface area contributed by atoms with Crippen molar-refractivity contribution in [2.45, 2.75) is 69.9 Å². The van der Waals surface area contributed by atoms with E-state index in [0.717, 1.165) is 32.5 Å². The standard InChI is InChI=1S/C20H31NO3/c1-16-7-5-10-18(11-12-20-23-13-6-14-24-20)21(16)19(15-22)17-8-3-2-4-9-17/h2-4,8-9,16,18-20,22H,5-7,10-15H2,1H3/t16-,18-,19+/m1/s1. The Bertz CT molecular complexity index is 475. The van der Waals surface area contributed by atoms with Gasteiger partial charge in [-0.3, -0.25) is 4.90 Å². The maximum atomic E-state index is 10.1. The van der Waals surface area contributed by atoms with E-state index in [0.29, 0.717) is 12.1 Å². The lowest BCUT2D eigenvalue weighted by Gasteiger charge is -2.45. The zero-order chi connectivity index (χ0) is 16.8. The second kappa shape index (κ2) is 8.95. The van der Waals surface area contributed by atoms with E-state index in [9.17, 15) is 5.11 Å². The molecular weight excluding hydrogens is 302 g/mol. The summed E-state index contributed by atoms with van der Waals surface area (Å²) in [6.07, 6.45) is 6.64. The number of rotatable bonds is 6. The summed E-state index contributed by atoms with van der Waals surface area (Å²) in [6, 6.07) is 11.5. The van der Waals surface area contributed by atoms with Gasteiger partial charge in [0.1, 0.15) is 0 Å². The molecule has 0 aromatic heterocycles. The smallest absolute Gasteiger partial charge is 0.157 e. The number of hydrogen-bond donors (Lipinski definition) is 1. The first-order valence-electron chi connectivity index (χ1n) is 9.46. The summed E-state index contributed by atoms with van der Waals surface area (Å²) in [4.78, 5) is 2.54. The summed E-state index contributed by atoms with van der Waals surface area (Å²) in [5.74, 6) is 0. The van der Waals surface area contributed by atoms with Crippen molar-refractivity contribution in [3.8, 4) is 0 Å². The molecule has 3 rings (SSSR count). The normalized spacial score (nSPS) is 27.9. The second-order valence-electron chi connectivity index (χ2n) is 7.09. The van der Waals surface area contributed by atoms with Gasteiger partial charge in [0.25, 0.3) is 0 Å². The Kier molecular flexibility index (Phi) is 6.67. The average Bonchev–Trinajstić information content (AvgIpc) is 2.64. The van der Waals surface area contributed by atoms with Crippen molar-refractivity contribution in [3.05, 3.63) is 35.9 Å². The quantitative estimate of drug-likeness (QED) is 0.865. The van der Waals surface area contributed by atoms with Crippen LogP contribution in [0.1, 0.15) is 57.1 Å². The van der Waals surface area contributed by atoms with E-state index >= 15 is 0 Å². The van der Waals surface area contributed by atoms with Gasteiger partial charge in [-0.25, -0.2) is 0 Å². The van der Waals surface area contributed by atoms with E-state index in [-0.39, 0.29) is 18.9 Å². The van der Waals surface area contributed by atoms with Gasteiger partial charge in [0.05, 0.1) is 25.9 Å². The molecule has 4 nitrogen and oxygen atoms in total. The van der Waals surface area contributed by atoms with Crippen LogP contribution in [-0.4, -0.2) is 48.2 Å². The Morgan fingerprint density at radius 2 is 1.83 bits per heavy atom. The average molecular weight is 333 g/mol. The highest BCUT2D eigenvalue weighted by Crippen LogP contribution is 2.34. The van der Waals surface area contributed by atoms with E-state index in [1.807, 2.05) is 6.07 Å². The molecule has 0 saturated carbocycles. The third kappa shape index (κ3) is 4.37. The fourth-order valence-electron chi connectivity index (χ4n) is 4.24. The Hall–Kier alpha value is -0.940. The van der Waals surface area contributed by atoms with Crippen LogP contribution in [-0.2, 0) is 9.47 Å². The molecule has 0 unspecified atom stereocenters. The van der Waals surface area contributed by atoms with Crippen molar-refractivity contribution in [3.63, 3.8) is 0 Å². The van der Waals surface area contributed by atoms with Gasteiger partial charge in [0.2, 0.25) is 0 Å².